The first-order chi connectivity index (χ1) is 12.2. The first kappa shape index (κ1) is 17.5. The molecule has 5 heteroatoms. The highest BCUT2D eigenvalue weighted by atomic mass is 16.5. The number of aromatic nitrogens is 2. The predicted octanol–water partition coefficient (Wildman–Crippen LogP) is 3.17. The lowest BCUT2D eigenvalue weighted by Gasteiger charge is -2.11. The van der Waals surface area contributed by atoms with Crippen molar-refractivity contribution < 1.29 is 9.53 Å². The number of amides is 1. The number of ether oxygens (including phenoxy) is 1. The summed E-state index contributed by atoms with van der Waals surface area (Å²) in [6.07, 6.45) is 2.88. The minimum Gasteiger partial charge on any atom is -0.381 e. The summed E-state index contributed by atoms with van der Waals surface area (Å²) in [5.74, 6) is 1.23. The van der Waals surface area contributed by atoms with Crippen LogP contribution in [0.1, 0.15) is 41.6 Å². The maximum atomic E-state index is 12.4. The normalized spacial score (nSPS) is 16.8. The second-order valence-corrected chi connectivity index (χ2v) is 6.58. The summed E-state index contributed by atoms with van der Waals surface area (Å²) in [5.41, 5.74) is 3.42. The van der Waals surface area contributed by atoms with Gasteiger partial charge in [0.25, 0.3) is 5.91 Å². The molecule has 132 valence electrons. The highest BCUT2D eigenvalue weighted by Crippen LogP contribution is 2.20. The van der Waals surface area contributed by atoms with Crippen LogP contribution in [-0.2, 0) is 11.2 Å². The van der Waals surface area contributed by atoms with E-state index >= 15 is 0 Å². The Morgan fingerprint density at radius 3 is 2.96 bits per heavy atom. The average Bonchev–Trinajstić information content (AvgIpc) is 3.13. The Hall–Kier alpha value is -2.27. The zero-order valence-corrected chi connectivity index (χ0v) is 14.9. The number of nitrogens with zero attached hydrogens (tertiary/aromatic N) is 2. The van der Waals surface area contributed by atoms with Gasteiger partial charge in [0.2, 0.25) is 0 Å². The quantitative estimate of drug-likeness (QED) is 0.878. The fraction of sp³-hybridized carbons (Fsp3) is 0.450. The lowest BCUT2D eigenvalue weighted by Crippen LogP contribution is -2.29. The van der Waals surface area contributed by atoms with Crippen molar-refractivity contribution in [1.82, 2.24) is 15.3 Å². The van der Waals surface area contributed by atoms with Crippen LogP contribution in [0.4, 0.5) is 0 Å². The molecule has 3 rings (SSSR count). The molecule has 1 aromatic carbocycles. The first-order valence-electron chi connectivity index (χ1n) is 8.96. The highest BCUT2D eigenvalue weighted by Gasteiger charge is 2.17. The summed E-state index contributed by atoms with van der Waals surface area (Å²) >= 11 is 0. The second-order valence-electron chi connectivity index (χ2n) is 6.58. The van der Waals surface area contributed by atoms with Crippen LogP contribution >= 0.6 is 0 Å². The van der Waals surface area contributed by atoms with Gasteiger partial charge in [0.15, 0.2) is 0 Å². The molecule has 1 amide bonds. The van der Waals surface area contributed by atoms with Crippen molar-refractivity contribution in [2.24, 2.45) is 5.92 Å². The third kappa shape index (κ3) is 4.63. The number of nitrogens with one attached hydrogen (secondary N) is 1. The molecular weight excluding hydrogens is 314 g/mol. The fourth-order valence-electron chi connectivity index (χ4n) is 3.02. The molecule has 1 N–H and O–H groups in total. The van der Waals surface area contributed by atoms with Gasteiger partial charge in [-0.05, 0) is 38.0 Å². The number of aryl methyl sites for hydroxylation is 2. The molecule has 0 aliphatic carbocycles. The SMILES string of the molecule is CCCc1nc(C)cc(-c2cccc(C(=O)NC[C@H]3CCOC3)c2)n1. The van der Waals surface area contributed by atoms with E-state index in [1.807, 2.05) is 37.3 Å². The van der Waals surface area contributed by atoms with Gasteiger partial charge in [-0.3, -0.25) is 4.79 Å². The van der Waals surface area contributed by atoms with Gasteiger partial charge in [-0.25, -0.2) is 9.97 Å². The summed E-state index contributed by atoms with van der Waals surface area (Å²) in [4.78, 5) is 21.6. The Morgan fingerprint density at radius 1 is 1.32 bits per heavy atom. The summed E-state index contributed by atoms with van der Waals surface area (Å²) in [5, 5.41) is 3.01. The van der Waals surface area contributed by atoms with Crippen molar-refractivity contribution in [3.8, 4) is 11.3 Å². The number of hydrogen-bond donors (Lipinski definition) is 1. The van der Waals surface area contributed by atoms with Crippen LogP contribution in [0.25, 0.3) is 11.3 Å². The van der Waals surface area contributed by atoms with Crippen LogP contribution in [0.15, 0.2) is 30.3 Å². The molecule has 1 aliphatic heterocycles. The molecule has 5 nitrogen and oxygen atoms in total. The van der Waals surface area contributed by atoms with Crippen LogP contribution in [0.2, 0.25) is 0 Å². The van der Waals surface area contributed by atoms with Gasteiger partial charge < -0.3 is 10.1 Å². The van der Waals surface area contributed by atoms with Gasteiger partial charge in [-0.1, -0.05) is 19.1 Å². The van der Waals surface area contributed by atoms with Crippen molar-refractivity contribution in [2.75, 3.05) is 19.8 Å². The molecule has 0 radical (unpaired) electrons. The van der Waals surface area contributed by atoms with Crippen molar-refractivity contribution >= 4 is 5.91 Å². The van der Waals surface area contributed by atoms with Gasteiger partial charge >= 0.3 is 0 Å². The Kier molecular flexibility index (Phi) is 5.76. The maximum absolute atomic E-state index is 12.4. The molecule has 1 atom stereocenters. The van der Waals surface area contributed by atoms with Crippen LogP contribution in [0.3, 0.4) is 0 Å². The Labute approximate surface area is 148 Å². The van der Waals surface area contributed by atoms with Crippen molar-refractivity contribution in [3.63, 3.8) is 0 Å². The van der Waals surface area contributed by atoms with E-state index in [9.17, 15) is 4.79 Å². The van der Waals surface area contributed by atoms with Crippen molar-refractivity contribution in [1.29, 1.82) is 0 Å². The van der Waals surface area contributed by atoms with E-state index in [1.54, 1.807) is 0 Å². The van der Waals surface area contributed by atoms with Crippen LogP contribution in [0, 0.1) is 12.8 Å². The second kappa shape index (κ2) is 8.21. The molecule has 1 saturated heterocycles. The van der Waals surface area contributed by atoms with E-state index in [0.717, 1.165) is 55.3 Å². The third-order valence-electron chi connectivity index (χ3n) is 4.37. The van der Waals surface area contributed by atoms with E-state index in [0.29, 0.717) is 18.0 Å². The average molecular weight is 339 g/mol. The van der Waals surface area contributed by atoms with E-state index in [1.165, 1.54) is 0 Å². The molecule has 25 heavy (non-hydrogen) atoms. The monoisotopic (exact) mass is 339 g/mol. The van der Waals surface area contributed by atoms with Crippen LogP contribution < -0.4 is 5.32 Å². The summed E-state index contributed by atoms with van der Waals surface area (Å²) in [7, 11) is 0. The van der Waals surface area contributed by atoms with Gasteiger partial charge in [-0.15, -0.1) is 0 Å². The Balaban J connectivity index is 1.75. The van der Waals surface area contributed by atoms with Crippen molar-refractivity contribution in [2.45, 2.75) is 33.1 Å². The molecule has 1 aromatic heterocycles. The topological polar surface area (TPSA) is 64.1 Å². The van der Waals surface area contributed by atoms with Gasteiger partial charge in [-0.2, -0.15) is 0 Å². The highest BCUT2D eigenvalue weighted by molar-refractivity contribution is 5.95. The summed E-state index contributed by atoms with van der Waals surface area (Å²) in [6, 6.07) is 9.59. The minimum atomic E-state index is -0.0479. The zero-order chi connectivity index (χ0) is 17.6. The molecule has 2 aromatic rings. The molecule has 0 spiro atoms. The Morgan fingerprint density at radius 2 is 2.20 bits per heavy atom. The maximum Gasteiger partial charge on any atom is 0.251 e. The van der Waals surface area contributed by atoms with Gasteiger partial charge in [0, 0.05) is 42.3 Å². The molecule has 0 saturated carbocycles. The molecule has 2 heterocycles. The van der Waals surface area contributed by atoms with Gasteiger partial charge in [0.05, 0.1) is 12.3 Å². The first-order valence-corrected chi connectivity index (χ1v) is 8.96. The standard InChI is InChI=1S/C20H25N3O2/c1-3-5-19-22-14(2)10-18(23-19)16-6-4-7-17(11-16)20(24)21-12-15-8-9-25-13-15/h4,6-7,10-11,15H,3,5,8-9,12-13H2,1-2H3,(H,21,24)/t15-/m1/s1. The van der Waals surface area contributed by atoms with Crippen molar-refractivity contribution in [3.05, 3.63) is 47.4 Å². The third-order valence-corrected chi connectivity index (χ3v) is 4.37. The van der Waals surface area contributed by atoms with Crippen LogP contribution in [0.5, 0.6) is 0 Å². The Bertz CT molecular complexity index is 739. The number of hydrogen-bond acceptors (Lipinski definition) is 4. The fourth-order valence-corrected chi connectivity index (χ4v) is 3.02. The predicted molar refractivity (Wildman–Crippen MR) is 97.5 cm³/mol. The number of benzene rings is 1. The van der Waals surface area contributed by atoms with E-state index in [-0.39, 0.29) is 5.91 Å². The summed E-state index contributed by atoms with van der Waals surface area (Å²) in [6.45, 7) is 6.29. The lowest BCUT2D eigenvalue weighted by molar-refractivity contribution is 0.0945. The molecular formula is C20H25N3O2. The van der Waals surface area contributed by atoms with E-state index in [2.05, 4.69) is 22.2 Å². The summed E-state index contributed by atoms with van der Waals surface area (Å²) < 4.78 is 5.35. The van der Waals surface area contributed by atoms with Gasteiger partial charge in [0.1, 0.15) is 5.82 Å². The van der Waals surface area contributed by atoms with Crippen LogP contribution in [-0.4, -0.2) is 35.6 Å². The molecule has 1 fully saturated rings. The minimum absolute atomic E-state index is 0.0479. The van der Waals surface area contributed by atoms with E-state index in [4.69, 9.17) is 4.74 Å². The number of carbonyl (C=O) groups is 1. The van der Waals surface area contributed by atoms with E-state index < -0.39 is 0 Å². The molecule has 0 unspecified atom stereocenters. The molecule has 0 bridgehead atoms. The molecule has 1 aliphatic rings. The lowest BCUT2D eigenvalue weighted by atomic mass is 10.1. The number of rotatable bonds is 6. The largest absolute Gasteiger partial charge is 0.381 e. The smallest absolute Gasteiger partial charge is 0.251 e. The number of carbonyl (C=O) groups excluding carboxylic acids is 1. The zero-order valence-electron chi connectivity index (χ0n) is 14.9.